The van der Waals surface area contributed by atoms with Crippen LogP contribution < -0.4 is 0 Å². The molecule has 14 heavy (non-hydrogen) atoms. The maximum absolute atomic E-state index is 12.0. The highest BCUT2D eigenvalue weighted by atomic mass is 79.9. The number of thiophene rings is 1. The van der Waals surface area contributed by atoms with Crippen LogP contribution in [0.3, 0.4) is 0 Å². The molecule has 0 aliphatic rings. The summed E-state index contributed by atoms with van der Waals surface area (Å²) in [6, 6.07) is 1.68. The summed E-state index contributed by atoms with van der Waals surface area (Å²) in [5.74, 6) is 0. The molecule has 0 saturated carbocycles. The Hall–Kier alpha value is 0.260. The average molecular weight is 308 g/mol. The molecule has 1 heterocycles. The fourth-order valence-corrected chi connectivity index (χ4v) is 2.86. The summed E-state index contributed by atoms with van der Waals surface area (Å²) in [6.45, 7) is 1.82. The van der Waals surface area contributed by atoms with Crippen molar-refractivity contribution < 1.29 is 13.2 Å². The third kappa shape index (κ3) is 3.44. The number of halogens is 5. The first-order chi connectivity index (χ1) is 6.29. The lowest BCUT2D eigenvalue weighted by Gasteiger charge is -2.09. The van der Waals surface area contributed by atoms with Crippen LogP contribution in [0.25, 0.3) is 0 Å². The van der Waals surface area contributed by atoms with E-state index in [4.69, 9.17) is 11.6 Å². The summed E-state index contributed by atoms with van der Waals surface area (Å²) in [5, 5.41) is -0.981. The molecule has 80 valence electrons. The summed E-state index contributed by atoms with van der Waals surface area (Å²) in [5.41, 5.74) is 0.915. The van der Waals surface area contributed by atoms with E-state index in [1.54, 1.807) is 6.07 Å². The zero-order chi connectivity index (χ0) is 10.9. The van der Waals surface area contributed by atoms with Crippen LogP contribution in [0, 0.1) is 6.92 Å². The van der Waals surface area contributed by atoms with Gasteiger partial charge in [0.2, 0.25) is 0 Å². The number of hydrogen-bond acceptors (Lipinski definition) is 1. The lowest BCUT2D eigenvalue weighted by Crippen LogP contribution is -2.09. The van der Waals surface area contributed by atoms with E-state index in [2.05, 4.69) is 15.9 Å². The topological polar surface area (TPSA) is 0 Å². The molecule has 0 fully saturated rings. The predicted molar refractivity (Wildman–Crippen MR) is 56.0 cm³/mol. The summed E-state index contributed by atoms with van der Waals surface area (Å²) < 4.78 is 36.9. The lowest BCUT2D eigenvalue weighted by molar-refractivity contribution is -0.134. The van der Waals surface area contributed by atoms with Gasteiger partial charge in [0.25, 0.3) is 0 Å². The lowest BCUT2D eigenvalue weighted by atomic mass is 10.2. The predicted octanol–water partition coefficient (Wildman–Crippen LogP) is 5.05. The van der Waals surface area contributed by atoms with Crippen LogP contribution in [0.2, 0.25) is 0 Å². The van der Waals surface area contributed by atoms with Crippen molar-refractivity contribution in [1.82, 2.24) is 0 Å². The van der Waals surface area contributed by atoms with E-state index in [-0.39, 0.29) is 0 Å². The monoisotopic (exact) mass is 306 g/mol. The fraction of sp³-hybridized carbons (Fsp3) is 0.500. The number of rotatable bonds is 2. The molecule has 0 saturated heterocycles. The van der Waals surface area contributed by atoms with Crippen LogP contribution in [-0.2, 0) is 0 Å². The molecular weight excluding hydrogens is 301 g/mol. The highest BCUT2D eigenvalue weighted by molar-refractivity contribution is 9.11. The van der Waals surface area contributed by atoms with E-state index < -0.39 is 18.0 Å². The minimum Gasteiger partial charge on any atom is -0.171 e. The van der Waals surface area contributed by atoms with Crippen molar-refractivity contribution in [2.24, 2.45) is 0 Å². The van der Waals surface area contributed by atoms with Crippen LogP contribution in [0.15, 0.2) is 9.85 Å². The van der Waals surface area contributed by atoms with Gasteiger partial charge in [0.05, 0.1) is 15.6 Å². The Kier molecular flexibility index (Phi) is 3.88. The van der Waals surface area contributed by atoms with Gasteiger partial charge in [-0.25, -0.2) is 0 Å². The Morgan fingerprint density at radius 1 is 1.57 bits per heavy atom. The zero-order valence-electron chi connectivity index (χ0n) is 7.16. The second-order valence-corrected chi connectivity index (χ2v) is 5.82. The molecule has 1 unspecified atom stereocenters. The molecule has 0 amide bonds. The Labute approximate surface area is 97.2 Å². The van der Waals surface area contributed by atoms with Gasteiger partial charge in [-0.3, -0.25) is 0 Å². The Morgan fingerprint density at radius 3 is 2.50 bits per heavy atom. The van der Waals surface area contributed by atoms with Crippen LogP contribution in [0.5, 0.6) is 0 Å². The first kappa shape index (κ1) is 12.3. The highest BCUT2D eigenvalue weighted by Gasteiger charge is 2.32. The van der Waals surface area contributed by atoms with E-state index in [9.17, 15) is 13.2 Å². The van der Waals surface area contributed by atoms with Crippen molar-refractivity contribution >= 4 is 38.9 Å². The largest absolute Gasteiger partial charge is 0.390 e. The number of alkyl halides is 4. The Morgan fingerprint density at radius 2 is 2.14 bits per heavy atom. The molecule has 0 N–H and O–H groups in total. The van der Waals surface area contributed by atoms with Gasteiger partial charge in [0.15, 0.2) is 0 Å². The van der Waals surface area contributed by atoms with E-state index in [1.807, 2.05) is 6.92 Å². The van der Waals surface area contributed by atoms with Crippen LogP contribution in [0.4, 0.5) is 13.2 Å². The van der Waals surface area contributed by atoms with Gasteiger partial charge in [-0.05, 0) is 34.5 Å². The van der Waals surface area contributed by atoms with E-state index >= 15 is 0 Å². The van der Waals surface area contributed by atoms with Gasteiger partial charge >= 0.3 is 6.18 Å². The van der Waals surface area contributed by atoms with Gasteiger partial charge < -0.3 is 0 Å². The number of hydrogen-bond donors (Lipinski definition) is 0. The first-order valence-electron chi connectivity index (χ1n) is 3.76. The molecule has 0 spiro atoms. The zero-order valence-corrected chi connectivity index (χ0v) is 10.3. The SMILES string of the molecule is Cc1cc(C(Cl)CC(F)(F)F)sc1Br. The summed E-state index contributed by atoms with van der Waals surface area (Å²) in [4.78, 5) is 0.549. The van der Waals surface area contributed by atoms with Gasteiger partial charge in [-0.2, -0.15) is 13.2 Å². The molecule has 0 aromatic carbocycles. The Bertz CT molecular complexity index is 301. The molecule has 0 aliphatic heterocycles. The third-order valence-corrected chi connectivity index (χ3v) is 4.36. The molecule has 0 radical (unpaired) electrons. The minimum absolute atomic E-state index is 0.549. The average Bonchev–Trinajstić information content (AvgIpc) is 2.28. The van der Waals surface area contributed by atoms with Crippen molar-refractivity contribution in [3.8, 4) is 0 Å². The van der Waals surface area contributed by atoms with Crippen LogP contribution in [-0.4, -0.2) is 6.18 Å². The fourth-order valence-electron chi connectivity index (χ4n) is 0.942. The maximum Gasteiger partial charge on any atom is 0.390 e. The van der Waals surface area contributed by atoms with Crippen molar-refractivity contribution in [2.45, 2.75) is 24.9 Å². The molecule has 1 rings (SSSR count). The van der Waals surface area contributed by atoms with Crippen LogP contribution in [0.1, 0.15) is 22.2 Å². The quantitative estimate of drug-likeness (QED) is 0.671. The summed E-state index contributed by atoms with van der Waals surface area (Å²) >= 11 is 10.1. The van der Waals surface area contributed by atoms with Gasteiger partial charge in [-0.15, -0.1) is 22.9 Å². The first-order valence-corrected chi connectivity index (χ1v) is 5.81. The minimum atomic E-state index is -4.21. The van der Waals surface area contributed by atoms with Crippen molar-refractivity contribution in [3.63, 3.8) is 0 Å². The molecule has 6 heteroatoms. The molecule has 0 bridgehead atoms. The van der Waals surface area contributed by atoms with Crippen molar-refractivity contribution in [1.29, 1.82) is 0 Å². The normalized spacial score (nSPS) is 14.4. The molecule has 1 atom stereocenters. The van der Waals surface area contributed by atoms with Crippen molar-refractivity contribution in [2.75, 3.05) is 0 Å². The standard InChI is InChI=1S/C8H7BrClF3S/c1-4-2-6(14-7(4)9)5(10)3-8(11,12)13/h2,5H,3H2,1H3. The summed E-state index contributed by atoms with van der Waals surface area (Å²) in [6.07, 6.45) is -5.20. The van der Waals surface area contributed by atoms with Gasteiger partial charge in [0.1, 0.15) is 0 Å². The molecule has 1 aromatic rings. The van der Waals surface area contributed by atoms with Crippen molar-refractivity contribution in [3.05, 3.63) is 20.3 Å². The second kappa shape index (κ2) is 4.41. The molecule has 0 nitrogen and oxygen atoms in total. The highest BCUT2D eigenvalue weighted by Crippen LogP contribution is 2.39. The van der Waals surface area contributed by atoms with E-state index in [0.717, 1.165) is 9.35 Å². The summed E-state index contributed by atoms with van der Waals surface area (Å²) in [7, 11) is 0. The smallest absolute Gasteiger partial charge is 0.171 e. The molecule has 1 aromatic heterocycles. The molecular formula is C8H7BrClF3S. The second-order valence-electron chi connectivity index (χ2n) is 2.89. The molecule has 0 aliphatic carbocycles. The maximum atomic E-state index is 12.0. The van der Waals surface area contributed by atoms with Gasteiger partial charge in [-0.1, -0.05) is 0 Å². The van der Waals surface area contributed by atoms with E-state index in [0.29, 0.717) is 4.88 Å². The van der Waals surface area contributed by atoms with Crippen LogP contribution >= 0.6 is 38.9 Å². The number of aryl methyl sites for hydroxylation is 1. The van der Waals surface area contributed by atoms with E-state index in [1.165, 1.54) is 11.3 Å². The van der Waals surface area contributed by atoms with Gasteiger partial charge in [0, 0.05) is 4.88 Å². The Balaban J connectivity index is 2.75. The third-order valence-electron chi connectivity index (χ3n) is 1.60.